The van der Waals surface area contributed by atoms with Gasteiger partial charge in [-0.1, -0.05) is 36.4 Å². The van der Waals surface area contributed by atoms with Crippen LogP contribution in [0, 0.1) is 29.1 Å². The van der Waals surface area contributed by atoms with Crippen LogP contribution in [0.3, 0.4) is 0 Å². The van der Waals surface area contributed by atoms with Gasteiger partial charge in [0.2, 0.25) is 5.82 Å². The summed E-state index contributed by atoms with van der Waals surface area (Å²) in [6.45, 7) is 0. The minimum atomic E-state index is -2.47. The third kappa shape index (κ3) is 2.88. The van der Waals surface area contributed by atoms with Crippen LogP contribution in [-0.2, 0) is 0 Å². The van der Waals surface area contributed by atoms with Gasteiger partial charge in [0, 0.05) is 18.5 Å². The van der Waals surface area contributed by atoms with Gasteiger partial charge in [-0.3, -0.25) is 0 Å². The highest BCUT2D eigenvalue weighted by atomic mass is 31.1. The smallest absolute Gasteiger partial charge is 0.200 e. The van der Waals surface area contributed by atoms with E-state index in [1.165, 1.54) is 48.5 Å². The number of aromatic hydroxyl groups is 2. The molecule has 0 heterocycles. The van der Waals surface area contributed by atoms with E-state index in [9.17, 15) is 32.2 Å². The van der Waals surface area contributed by atoms with Gasteiger partial charge in [-0.2, -0.15) is 0 Å². The predicted molar refractivity (Wildman–Crippen MR) is 88.3 cm³/mol. The van der Waals surface area contributed by atoms with Crippen molar-refractivity contribution >= 4 is 23.8 Å². The molecule has 0 saturated heterocycles. The Kier molecular flexibility index (Phi) is 4.83. The minimum Gasteiger partial charge on any atom is -0.507 e. The Bertz CT molecular complexity index is 919. The summed E-state index contributed by atoms with van der Waals surface area (Å²) < 4.78 is 69.7. The van der Waals surface area contributed by atoms with Gasteiger partial charge >= 0.3 is 0 Å². The van der Waals surface area contributed by atoms with E-state index in [0.29, 0.717) is 0 Å². The first-order valence-electron chi connectivity index (χ1n) is 7.22. The van der Waals surface area contributed by atoms with Gasteiger partial charge in [-0.25, -0.2) is 22.0 Å². The molecule has 3 rings (SSSR count). The quantitative estimate of drug-likeness (QED) is 0.314. The van der Waals surface area contributed by atoms with Crippen LogP contribution < -0.4 is 15.9 Å². The van der Waals surface area contributed by atoms with Gasteiger partial charge < -0.3 is 10.2 Å². The predicted octanol–water partition coefficient (Wildman–Crippen LogP) is 3.55. The molecule has 8 heteroatoms. The van der Waals surface area contributed by atoms with Crippen LogP contribution in [0.5, 0.6) is 11.5 Å². The summed E-state index contributed by atoms with van der Waals surface area (Å²) in [5, 5.41) is 19.0. The molecule has 0 aliphatic heterocycles. The van der Waals surface area contributed by atoms with Crippen molar-refractivity contribution in [2.24, 2.45) is 0 Å². The highest BCUT2D eigenvalue weighted by Crippen LogP contribution is 2.41. The molecule has 0 amide bonds. The average molecular weight is 384 g/mol. The summed E-state index contributed by atoms with van der Waals surface area (Å²) in [7, 11) is -2.47. The molecule has 0 spiro atoms. The summed E-state index contributed by atoms with van der Waals surface area (Å²) in [6, 6.07) is 10.8. The lowest BCUT2D eigenvalue weighted by molar-refractivity contribution is 0.384. The molecule has 2 N–H and O–H groups in total. The molecule has 0 unspecified atom stereocenters. The van der Waals surface area contributed by atoms with E-state index in [2.05, 4.69) is 0 Å². The van der Waals surface area contributed by atoms with E-state index in [4.69, 9.17) is 0 Å². The Morgan fingerprint density at radius 3 is 1.27 bits per heavy atom. The maximum atomic E-state index is 14.4. The largest absolute Gasteiger partial charge is 0.507 e. The topological polar surface area (TPSA) is 40.5 Å². The number of benzene rings is 3. The van der Waals surface area contributed by atoms with Gasteiger partial charge in [0.15, 0.2) is 23.3 Å². The summed E-state index contributed by atoms with van der Waals surface area (Å²) in [6.07, 6.45) is 0. The van der Waals surface area contributed by atoms with Crippen molar-refractivity contribution in [2.75, 3.05) is 0 Å². The maximum Gasteiger partial charge on any atom is 0.200 e. The lowest BCUT2D eigenvalue weighted by atomic mass is 10.3. The van der Waals surface area contributed by atoms with E-state index in [1.54, 1.807) is 0 Å². The van der Waals surface area contributed by atoms with E-state index in [-0.39, 0.29) is 10.6 Å². The lowest BCUT2D eigenvalue weighted by Crippen LogP contribution is -2.28. The normalized spacial score (nSPS) is 11.2. The fourth-order valence-corrected chi connectivity index (χ4v) is 4.87. The number of hydrogen-bond donors (Lipinski definition) is 2. The molecule has 0 aliphatic rings. The van der Waals surface area contributed by atoms with Crippen molar-refractivity contribution in [2.45, 2.75) is 0 Å². The molecule has 0 fully saturated rings. The Balaban J connectivity index is 2.41. The van der Waals surface area contributed by atoms with E-state index < -0.39 is 53.8 Å². The van der Waals surface area contributed by atoms with Crippen molar-refractivity contribution in [1.29, 1.82) is 0 Å². The molecule has 0 atom stereocenters. The summed E-state index contributed by atoms with van der Waals surface area (Å²) in [5.41, 5.74) is 0. The van der Waals surface area contributed by atoms with Crippen molar-refractivity contribution in [1.82, 2.24) is 0 Å². The minimum absolute atomic E-state index is 0.0628. The van der Waals surface area contributed by atoms with Crippen molar-refractivity contribution < 1.29 is 32.2 Å². The number of halogens is 5. The van der Waals surface area contributed by atoms with Crippen LogP contribution in [0.25, 0.3) is 0 Å². The number of para-hydroxylation sites is 2. The van der Waals surface area contributed by atoms with Gasteiger partial charge in [0.25, 0.3) is 0 Å². The molecule has 2 nitrogen and oxygen atoms in total. The molecule has 0 saturated carbocycles. The van der Waals surface area contributed by atoms with E-state index >= 15 is 0 Å². The van der Waals surface area contributed by atoms with Crippen molar-refractivity contribution in [3.05, 3.63) is 77.6 Å². The Morgan fingerprint density at radius 1 is 0.538 bits per heavy atom. The fourth-order valence-electron chi connectivity index (χ4n) is 2.47. The number of phenols is 2. The first kappa shape index (κ1) is 18.1. The highest BCUT2D eigenvalue weighted by molar-refractivity contribution is 7.80. The van der Waals surface area contributed by atoms with Crippen LogP contribution in [0.1, 0.15) is 0 Å². The molecule has 0 bridgehead atoms. The molecule has 0 radical (unpaired) electrons. The highest BCUT2D eigenvalue weighted by Gasteiger charge is 2.34. The molecule has 3 aromatic rings. The second kappa shape index (κ2) is 6.92. The Morgan fingerprint density at radius 2 is 0.885 bits per heavy atom. The van der Waals surface area contributed by atoms with Crippen molar-refractivity contribution in [3.63, 3.8) is 0 Å². The molecule has 3 aromatic carbocycles. The number of rotatable bonds is 3. The standard InChI is InChI=1S/C18H10F5O2P/c19-13-14(20)16(22)18(17(23)15(13)21)26(11-7-3-1-5-9(11)24)12-8-4-2-6-10(12)25/h1-8,24-25H. The van der Waals surface area contributed by atoms with Gasteiger partial charge in [0.05, 0.1) is 5.30 Å². The number of hydrogen-bond acceptors (Lipinski definition) is 2. The third-order valence-corrected chi connectivity index (χ3v) is 6.22. The van der Waals surface area contributed by atoms with Crippen LogP contribution in [0.2, 0.25) is 0 Å². The first-order chi connectivity index (χ1) is 12.3. The second-order valence-electron chi connectivity index (χ2n) is 5.23. The van der Waals surface area contributed by atoms with Crippen LogP contribution in [0.4, 0.5) is 22.0 Å². The van der Waals surface area contributed by atoms with Gasteiger partial charge in [-0.15, -0.1) is 0 Å². The molecule has 26 heavy (non-hydrogen) atoms. The van der Waals surface area contributed by atoms with Crippen LogP contribution >= 0.6 is 7.92 Å². The zero-order valence-electron chi connectivity index (χ0n) is 12.9. The van der Waals surface area contributed by atoms with Gasteiger partial charge in [0.1, 0.15) is 11.5 Å². The molecule has 0 aromatic heterocycles. The summed E-state index contributed by atoms with van der Waals surface area (Å²) >= 11 is 0. The Hall–Kier alpha value is -2.66. The van der Waals surface area contributed by atoms with Crippen molar-refractivity contribution in [3.8, 4) is 11.5 Å². The Labute approximate surface area is 145 Å². The average Bonchev–Trinajstić information content (AvgIpc) is 2.64. The monoisotopic (exact) mass is 384 g/mol. The molecule has 134 valence electrons. The zero-order valence-corrected chi connectivity index (χ0v) is 13.7. The SMILES string of the molecule is Oc1ccccc1P(c1ccccc1O)c1c(F)c(F)c(F)c(F)c1F. The number of phenolic OH excluding ortho intramolecular Hbond substituents is 2. The first-order valence-corrected chi connectivity index (χ1v) is 8.56. The summed E-state index contributed by atoms with van der Waals surface area (Å²) in [5.74, 6) is -11.2. The van der Waals surface area contributed by atoms with E-state index in [0.717, 1.165) is 0 Å². The van der Waals surface area contributed by atoms with Gasteiger partial charge in [-0.05, 0) is 12.1 Å². The van der Waals surface area contributed by atoms with E-state index in [1.807, 2.05) is 0 Å². The molecule has 0 aliphatic carbocycles. The van der Waals surface area contributed by atoms with Crippen LogP contribution in [-0.4, -0.2) is 10.2 Å². The lowest BCUT2D eigenvalue weighted by Gasteiger charge is -2.22. The third-order valence-electron chi connectivity index (χ3n) is 3.66. The second-order valence-corrected chi connectivity index (χ2v) is 7.31. The summed E-state index contributed by atoms with van der Waals surface area (Å²) in [4.78, 5) is 0. The maximum absolute atomic E-state index is 14.4. The molecular weight excluding hydrogens is 374 g/mol. The fraction of sp³-hybridized carbons (Fsp3) is 0. The zero-order chi connectivity index (χ0) is 19.0. The molecular formula is C18H10F5O2P. The van der Waals surface area contributed by atoms with Crippen LogP contribution in [0.15, 0.2) is 48.5 Å².